The molecule has 0 saturated carbocycles. The lowest BCUT2D eigenvalue weighted by Gasteiger charge is -2.31. The zero-order chi connectivity index (χ0) is 14.1. The van der Waals surface area contributed by atoms with Crippen LogP contribution in [0, 0.1) is 0 Å². The van der Waals surface area contributed by atoms with Gasteiger partial charge in [-0.15, -0.1) is 0 Å². The number of aliphatic hydroxyl groups excluding tert-OH is 1. The molecule has 1 atom stereocenters. The number of nitrogens with two attached hydrogens (primary N) is 1. The van der Waals surface area contributed by atoms with E-state index in [2.05, 4.69) is 0 Å². The van der Waals surface area contributed by atoms with E-state index in [1.54, 1.807) is 29.2 Å². The number of rotatable bonds is 2. The zero-order valence-corrected chi connectivity index (χ0v) is 10.9. The number of furan rings is 1. The van der Waals surface area contributed by atoms with Gasteiger partial charge < -0.3 is 24.9 Å². The van der Waals surface area contributed by atoms with Crippen LogP contribution >= 0.6 is 0 Å². The number of hydrogen-bond donors (Lipinski definition) is 2. The standard InChI is InChI=1S/C14H16N2O4/c15-10-1-2-12-9(5-10)6-13(20-12)14(18)16-3-4-19-11(7-16)8-17/h1-2,5-6,11,17H,3-4,7-8,15H2. The van der Waals surface area contributed by atoms with Crippen LogP contribution in [0.15, 0.2) is 28.7 Å². The lowest BCUT2D eigenvalue weighted by atomic mass is 10.2. The first-order chi connectivity index (χ1) is 9.67. The van der Waals surface area contributed by atoms with Crippen LogP contribution in [0.2, 0.25) is 0 Å². The van der Waals surface area contributed by atoms with E-state index in [1.807, 2.05) is 0 Å². The first-order valence-corrected chi connectivity index (χ1v) is 6.48. The van der Waals surface area contributed by atoms with E-state index in [1.165, 1.54) is 0 Å². The van der Waals surface area contributed by atoms with E-state index in [0.717, 1.165) is 5.39 Å². The lowest BCUT2D eigenvalue weighted by Crippen LogP contribution is -2.46. The second-order valence-corrected chi connectivity index (χ2v) is 4.83. The third-order valence-electron chi connectivity index (χ3n) is 3.38. The van der Waals surface area contributed by atoms with Crippen molar-refractivity contribution in [1.29, 1.82) is 0 Å². The summed E-state index contributed by atoms with van der Waals surface area (Å²) < 4.78 is 10.9. The van der Waals surface area contributed by atoms with Crippen LogP contribution < -0.4 is 5.73 Å². The number of nitrogens with zero attached hydrogens (tertiary/aromatic N) is 1. The number of hydrogen-bond acceptors (Lipinski definition) is 5. The summed E-state index contributed by atoms with van der Waals surface area (Å²) in [4.78, 5) is 14.0. The third-order valence-corrected chi connectivity index (χ3v) is 3.38. The van der Waals surface area contributed by atoms with Crippen molar-refractivity contribution in [2.24, 2.45) is 0 Å². The fourth-order valence-corrected chi connectivity index (χ4v) is 2.34. The Balaban J connectivity index is 1.84. The summed E-state index contributed by atoms with van der Waals surface area (Å²) in [5.41, 5.74) is 6.97. The molecule has 1 unspecified atom stereocenters. The number of ether oxygens (including phenoxy) is 1. The van der Waals surface area contributed by atoms with Gasteiger partial charge in [-0.25, -0.2) is 0 Å². The SMILES string of the molecule is Nc1ccc2oc(C(=O)N3CCOC(CO)C3)cc2c1. The monoisotopic (exact) mass is 276 g/mol. The van der Waals surface area contributed by atoms with Crippen molar-refractivity contribution in [3.05, 3.63) is 30.0 Å². The van der Waals surface area contributed by atoms with Gasteiger partial charge in [0.05, 0.1) is 19.3 Å². The molecule has 0 radical (unpaired) electrons. The van der Waals surface area contributed by atoms with Crippen molar-refractivity contribution < 1.29 is 19.1 Å². The first kappa shape index (κ1) is 13.0. The predicted molar refractivity (Wildman–Crippen MR) is 73.4 cm³/mol. The first-order valence-electron chi connectivity index (χ1n) is 6.48. The maximum Gasteiger partial charge on any atom is 0.289 e. The molecule has 0 aliphatic carbocycles. The molecule has 20 heavy (non-hydrogen) atoms. The molecule has 1 aliphatic rings. The average molecular weight is 276 g/mol. The Kier molecular flexibility index (Phi) is 3.33. The normalized spacial score (nSPS) is 19.4. The van der Waals surface area contributed by atoms with Crippen LogP contribution in [0.3, 0.4) is 0 Å². The third kappa shape index (κ3) is 2.35. The highest BCUT2D eigenvalue weighted by atomic mass is 16.5. The molecule has 2 aromatic rings. The van der Waals surface area contributed by atoms with Crippen molar-refractivity contribution in [1.82, 2.24) is 4.90 Å². The number of carbonyl (C=O) groups excluding carboxylic acids is 1. The minimum atomic E-state index is -0.326. The summed E-state index contributed by atoms with van der Waals surface area (Å²) in [7, 11) is 0. The largest absolute Gasteiger partial charge is 0.451 e. The van der Waals surface area contributed by atoms with Crippen LogP contribution in [-0.4, -0.2) is 48.3 Å². The summed E-state index contributed by atoms with van der Waals surface area (Å²) in [6.07, 6.45) is -0.326. The summed E-state index contributed by atoms with van der Waals surface area (Å²) >= 11 is 0. The summed E-state index contributed by atoms with van der Waals surface area (Å²) in [5, 5.41) is 9.91. The quantitative estimate of drug-likeness (QED) is 0.794. The number of nitrogen functional groups attached to an aromatic ring is 1. The highest BCUT2D eigenvalue weighted by Crippen LogP contribution is 2.23. The number of amides is 1. The molecule has 3 N–H and O–H groups in total. The van der Waals surface area contributed by atoms with E-state index in [-0.39, 0.29) is 24.4 Å². The maximum atomic E-state index is 12.4. The molecular formula is C14H16N2O4. The number of anilines is 1. The van der Waals surface area contributed by atoms with Crippen LogP contribution in [0.5, 0.6) is 0 Å². The zero-order valence-electron chi connectivity index (χ0n) is 10.9. The van der Waals surface area contributed by atoms with E-state index in [9.17, 15) is 4.79 Å². The molecule has 1 aromatic heterocycles. The van der Waals surface area contributed by atoms with Crippen LogP contribution in [0.4, 0.5) is 5.69 Å². The van der Waals surface area contributed by atoms with Gasteiger partial charge in [0.1, 0.15) is 5.58 Å². The van der Waals surface area contributed by atoms with Crippen LogP contribution in [-0.2, 0) is 4.74 Å². The van der Waals surface area contributed by atoms with E-state index in [4.69, 9.17) is 20.0 Å². The van der Waals surface area contributed by atoms with Crippen LogP contribution in [0.1, 0.15) is 10.6 Å². The van der Waals surface area contributed by atoms with Crippen molar-refractivity contribution in [3.63, 3.8) is 0 Å². The Morgan fingerprint density at radius 3 is 3.10 bits per heavy atom. The Labute approximate surface area is 115 Å². The molecule has 1 aliphatic heterocycles. The van der Waals surface area contributed by atoms with Crippen molar-refractivity contribution in [2.75, 3.05) is 32.0 Å². The van der Waals surface area contributed by atoms with E-state index < -0.39 is 0 Å². The van der Waals surface area contributed by atoms with Gasteiger partial charge in [-0.1, -0.05) is 0 Å². The van der Waals surface area contributed by atoms with Gasteiger partial charge in [0.2, 0.25) is 0 Å². The Morgan fingerprint density at radius 1 is 1.45 bits per heavy atom. The molecule has 1 saturated heterocycles. The highest BCUT2D eigenvalue weighted by Gasteiger charge is 2.26. The highest BCUT2D eigenvalue weighted by molar-refractivity contribution is 5.96. The maximum absolute atomic E-state index is 12.4. The predicted octanol–water partition coefficient (Wildman–Crippen LogP) is 0.848. The molecule has 3 rings (SSSR count). The molecule has 1 aromatic carbocycles. The van der Waals surface area contributed by atoms with Gasteiger partial charge in [-0.2, -0.15) is 0 Å². The van der Waals surface area contributed by atoms with E-state index >= 15 is 0 Å². The van der Waals surface area contributed by atoms with Crippen LogP contribution in [0.25, 0.3) is 11.0 Å². The topological polar surface area (TPSA) is 88.9 Å². The summed E-state index contributed by atoms with van der Waals surface area (Å²) in [6.45, 7) is 1.19. The fourth-order valence-electron chi connectivity index (χ4n) is 2.34. The molecule has 0 spiro atoms. The number of benzene rings is 1. The molecular weight excluding hydrogens is 260 g/mol. The van der Waals surface area contributed by atoms with Gasteiger partial charge in [-0.05, 0) is 24.3 Å². The molecule has 2 heterocycles. The van der Waals surface area contributed by atoms with Gasteiger partial charge in [-0.3, -0.25) is 4.79 Å². The van der Waals surface area contributed by atoms with Gasteiger partial charge >= 0.3 is 0 Å². The average Bonchev–Trinajstić information content (AvgIpc) is 2.89. The Bertz CT molecular complexity index is 637. The van der Waals surface area contributed by atoms with Gasteiger partial charge in [0, 0.05) is 24.2 Å². The number of morpholine rings is 1. The molecule has 106 valence electrons. The minimum absolute atomic E-state index is 0.0968. The smallest absolute Gasteiger partial charge is 0.289 e. The fraction of sp³-hybridized carbons (Fsp3) is 0.357. The summed E-state index contributed by atoms with van der Waals surface area (Å²) in [6, 6.07) is 6.94. The molecule has 6 nitrogen and oxygen atoms in total. The lowest BCUT2D eigenvalue weighted by molar-refractivity contribution is -0.0453. The number of aliphatic hydroxyl groups is 1. The van der Waals surface area contributed by atoms with Gasteiger partial charge in [0.15, 0.2) is 5.76 Å². The Morgan fingerprint density at radius 2 is 2.30 bits per heavy atom. The second kappa shape index (κ2) is 5.15. The summed E-state index contributed by atoms with van der Waals surface area (Å²) in [5.74, 6) is 0.0886. The molecule has 1 fully saturated rings. The molecule has 6 heteroatoms. The number of fused-ring (bicyclic) bond motifs is 1. The minimum Gasteiger partial charge on any atom is -0.451 e. The molecule has 0 bridgehead atoms. The number of carbonyl (C=O) groups is 1. The van der Waals surface area contributed by atoms with Crippen molar-refractivity contribution in [2.45, 2.75) is 6.10 Å². The molecule has 1 amide bonds. The van der Waals surface area contributed by atoms with Crippen molar-refractivity contribution in [3.8, 4) is 0 Å². The Hall–Kier alpha value is -2.05. The van der Waals surface area contributed by atoms with Crippen molar-refractivity contribution >= 4 is 22.6 Å². The van der Waals surface area contributed by atoms with E-state index in [0.29, 0.717) is 31.0 Å². The van der Waals surface area contributed by atoms with Gasteiger partial charge in [0.25, 0.3) is 5.91 Å². The second-order valence-electron chi connectivity index (χ2n) is 4.83.